The lowest BCUT2D eigenvalue weighted by atomic mass is 9.81. The van der Waals surface area contributed by atoms with Gasteiger partial charge in [-0.2, -0.15) is 4.98 Å². The van der Waals surface area contributed by atoms with Gasteiger partial charge in [0, 0.05) is 41.2 Å². The van der Waals surface area contributed by atoms with Gasteiger partial charge >= 0.3 is 0 Å². The Bertz CT molecular complexity index is 1160. The summed E-state index contributed by atoms with van der Waals surface area (Å²) >= 11 is 18.9. The molecule has 2 N–H and O–H groups in total. The van der Waals surface area contributed by atoms with Crippen molar-refractivity contribution < 1.29 is 9.52 Å². The fourth-order valence-corrected chi connectivity index (χ4v) is 5.97. The van der Waals surface area contributed by atoms with Gasteiger partial charge in [-0.15, -0.1) is 0 Å². The number of likely N-dealkylation sites (tertiary alicyclic amines) is 1. The topological polar surface area (TPSA) is 64.8 Å². The third-order valence-corrected chi connectivity index (χ3v) is 7.83. The molecular formula is C25H29Cl3N4O2. The third kappa shape index (κ3) is 4.98. The number of piperidine rings is 1. The van der Waals surface area contributed by atoms with Crippen LogP contribution in [0, 0.1) is 11.8 Å². The van der Waals surface area contributed by atoms with E-state index in [-0.39, 0.29) is 12.6 Å². The van der Waals surface area contributed by atoms with E-state index in [1.165, 1.54) is 12.8 Å². The number of nitrogens with zero attached hydrogens (tertiary/aromatic N) is 3. The van der Waals surface area contributed by atoms with E-state index in [0.29, 0.717) is 38.5 Å². The standard InChI is InChI=1S/C25H29Cl3N4O2/c1-15(20-5-4-18(26)9-21(20)28)29-22-10-19(27)11-23-24(22)34-25(30-23)32-13-17(14-32)16-3-2-6-31(12-16)7-8-33/h4-5,9-11,15-17,29,33H,2-3,6-8,12-14H2,1H3/t15-,16+/m1/s1. The first-order valence-corrected chi connectivity index (χ1v) is 12.9. The van der Waals surface area contributed by atoms with Gasteiger partial charge in [-0.3, -0.25) is 0 Å². The van der Waals surface area contributed by atoms with Crippen LogP contribution in [0.5, 0.6) is 0 Å². The summed E-state index contributed by atoms with van der Waals surface area (Å²) in [6.45, 7) is 7.08. The van der Waals surface area contributed by atoms with Crippen molar-refractivity contribution in [1.82, 2.24) is 9.88 Å². The lowest BCUT2D eigenvalue weighted by Gasteiger charge is -2.45. The minimum Gasteiger partial charge on any atom is -0.421 e. The first kappa shape index (κ1) is 24.0. The van der Waals surface area contributed by atoms with Crippen molar-refractivity contribution >= 4 is 57.6 Å². The Morgan fingerprint density at radius 1 is 1.12 bits per heavy atom. The van der Waals surface area contributed by atoms with Gasteiger partial charge < -0.3 is 24.6 Å². The van der Waals surface area contributed by atoms with Crippen molar-refractivity contribution in [3.8, 4) is 0 Å². The van der Waals surface area contributed by atoms with E-state index in [0.717, 1.165) is 49.5 Å². The van der Waals surface area contributed by atoms with Crippen LogP contribution in [0.1, 0.15) is 31.4 Å². The van der Waals surface area contributed by atoms with Crippen molar-refractivity contribution in [2.75, 3.05) is 49.5 Å². The average Bonchev–Trinajstić information content (AvgIpc) is 3.16. The average molecular weight is 524 g/mol. The van der Waals surface area contributed by atoms with Crippen LogP contribution in [0.2, 0.25) is 15.1 Å². The van der Waals surface area contributed by atoms with E-state index in [2.05, 4.69) is 15.1 Å². The van der Waals surface area contributed by atoms with Crippen molar-refractivity contribution in [1.29, 1.82) is 0 Å². The largest absolute Gasteiger partial charge is 0.421 e. The Balaban J connectivity index is 1.30. The highest BCUT2D eigenvalue weighted by atomic mass is 35.5. The number of fused-ring (bicyclic) bond motifs is 1. The first-order chi connectivity index (χ1) is 16.4. The summed E-state index contributed by atoms with van der Waals surface area (Å²) in [6.07, 6.45) is 2.45. The third-order valence-electron chi connectivity index (χ3n) is 7.05. The van der Waals surface area contributed by atoms with Crippen LogP contribution in [0.4, 0.5) is 11.7 Å². The molecule has 34 heavy (non-hydrogen) atoms. The highest BCUT2D eigenvalue weighted by Crippen LogP contribution is 2.38. The maximum atomic E-state index is 9.26. The molecule has 2 saturated heterocycles. The van der Waals surface area contributed by atoms with Crippen LogP contribution in [0.25, 0.3) is 11.1 Å². The van der Waals surface area contributed by atoms with E-state index in [4.69, 9.17) is 44.2 Å². The number of nitrogens with one attached hydrogen (secondary N) is 1. The number of aliphatic hydroxyl groups is 1. The molecular weight excluding hydrogens is 495 g/mol. The van der Waals surface area contributed by atoms with E-state index in [9.17, 15) is 5.11 Å². The summed E-state index contributed by atoms with van der Waals surface area (Å²) in [7, 11) is 0. The Morgan fingerprint density at radius 3 is 2.71 bits per heavy atom. The predicted octanol–water partition coefficient (Wildman–Crippen LogP) is 6.10. The molecule has 2 aliphatic rings. The van der Waals surface area contributed by atoms with E-state index in [1.807, 2.05) is 31.2 Å². The van der Waals surface area contributed by atoms with Crippen LogP contribution in [0.3, 0.4) is 0 Å². The molecule has 0 spiro atoms. The van der Waals surface area contributed by atoms with Crippen LogP contribution >= 0.6 is 34.8 Å². The molecule has 1 aromatic heterocycles. The SMILES string of the molecule is C[C@@H](Nc1cc(Cl)cc2nc(N3CC([C@H]4CCCN(CCO)C4)C3)oc12)c1ccc(Cl)cc1Cl. The van der Waals surface area contributed by atoms with Crippen LogP contribution in [-0.4, -0.2) is 54.3 Å². The molecule has 182 valence electrons. The molecule has 0 radical (unpaired) electrons. The molecule has 2 fully saturated rings. The number of aliphatic hydroxyl groups excluding tert-OH is 1. The second kappa shape index (κ2) is 10.1. The second-order valence-corrected chi connectivity index (χ2v) is 10.7. The molecule has 3 aromatic rings. The fraction of sp³-hybridized carbons (Fsp3) is 0.480. The maximum Gasteiger partial charge on any atom is 0.298 e. The summed E-state index contributed by atoms with van der Waals surface area (Å²) in [6, 6.07) is 9.74. The van der Waals surface area contributed by atoms with Gasteiger partial charge in [0.05, 0.1) is 18.3 Å². The number of oxazole rings is 1. The van der Waals surface area contributed by atoms with Gasteiger partial charge in [0.15, 0.2) is 5.58 Å². The molecule has 5 rings (SSSR count). The van der Waals surface area contributed by atoms with E-state index >= 15 is 0 Å². The van der Waals surface area contributed by atoms with Gasteiger partial charge in [-0.05, 0) is 68.0 Å². The second-order valence-electron chi connectivity index (χ2n) is 9.42. The van der Waals surface area contributed by atoms with Crippen LogP contribution in [-0.2, 0) is 0 Å². The molecule has 0 amide bonds. The highest BCUT2D eigenvalue weighted by Gasteiger charge is 2.37. The fourth-order valence-electron chi connectivity index (χ4n) is 5.18. The molecule has 9 heteroatoms. The number of halogens is 3. The summed E-state index contributed by atoms with van der Waals surface area (Å²) in [4.78, 5) is 9.32. The molecule has 0 unspecified atom stereocenters. The number of anilines is 2. The minimum atomic E-state index is -0.0819. The first-order valence-electron chi connectivity index (χ1n) is 11.8. The molecule has 0 saturated carbocycles. The molecule has 6 nitrogen and oxygen atoms in total. The number of hydrogen-bond acceptors (Lipinski definition) is 6. The number of hydrogen-bond donors (Lipinski definition) is 2. The number of rotatable bonds is 7. The van der Waals surface area contributed by atoms with Crippen LogP contribution in [0.15, 0.2) is 34.7 Å². The summed E-state index contributed by atoms with van der Waals surface area (Å²) in [5.41, 5.74) is 3.14. The molecule has 2 atom stereocenters. The van der Waals surface area contributed by atoms with Gasteiger partial charge in [-0.1, -0.05) is 40.9 Å². The zero-order chi connectivity index (χ0) is 23.8. The molecule has 2 aliphatic heterocycles. The van der Waals surface area contributed by atoms with Crippen molar-refractivity contribution in [2.45, 2.75) is 25.8 Å². The smallest absolute Gasteiger partial charge is 0.298 e. The maximum absolute atomic E-state index is 9.26. The normalized spacial score (nSPS) is 20.5. The zero-order valence-corrected chi connectivity index (χ0v) is 21.4. The summed E-state index contributed by atoms with van der Waals surface area (Å²) < 4.78 is 6.24. The Labute approximate surface area is 214 Å². The number of aromatic nitrogens is 1. The minimum absolute atomic E-state index is 0.0819. The summed E-state index contributed by atoms with van der Waals surface area (Å²) in [5, 5.41) is 14.5. The zero-order valence-electron chi connectivity index (χ0n) is 19.1. The van der Waals surface area contributed by atoms with Gasteiger partial charge in [0.2, 0.25) is 0 Å². The number of β-amino-alcohol motifs (C(OH)–C–C–N with tert-alkyl or cyclic N) is 1. The van der Waals surface area contributed by atoms with E-state index < -0.39 is 0 Å². The van der Waals surface area contributed by atoms with Crippen molar-refractivity contribution in [2.24, 2.45) is 11.8 Å². The molecule has 0 bridgehead atoms. The molecule has 0 aliphatic carbocycles. The van der Waals surface area contributed by atoms with Gasteiger partial charge in [-0.25, -0.2) is 0 Å². The lowest BCUT2D eigenvalue weighted by molar-refractivity contribution is 0.100. The Morgan fingerprint density at radius 2 is 1.94 bits per heavy atom. The lowest BCUT2D eigenvalue weighted by Crippen LogP contribution is -2.53. The van der Waals surface area contributed by atoms with Crippen LogP contribution < -0.4 is 10.2 Å². The molecule has 3 heterocycles. The van der Waals surface area contributed by atoms with E-state index in [1.54, 1.807) is 6.07 Å². The van der Waals surface area contributed by atoms with Gasteiger partial charge in [0.1, 0.15) is 5.52 Å². The van der Waals surface area contributed by atoms with Gasteiger partial charge in [0.25, 0.3) is 6.01 Å². The number of benzene rings is 2. The van der Waals surface area contributed by atoms with Crippen molar-refractivity contribution in [3.05, 3.63) is 51.0 Å². The summed E-state index contributed by atoms with van der Waals surface area (Å²) in [5.74, 6) is 1.29. The monoisotopic (exact) mass is 522 g/mol. The predicted molar refractivity (Wildman–Crippen MR) is 139 cm³/mol. The highest BCUT2D eigenvalue weighted by molar-refractivity contribution is 6.35. The Kier molecular flexibility index (Phi) is 7.14. The van der Waals surface area contributed by atoms with Crippen molar-refractivity contribution in [3.63, 3.8) is 0 Å². The Hall–Kier alpha value is -1.70. The quantitative estimate of drug-likeness (QED) is 0.390. The molecule has 2 aromatic carbocycles.